The lowest BCUT2D eigenvalue weighted by Crippen LogP contribution is -2.45. The Balaban J connectivity index is 1.64. The molecule has 0 saturated carbocycles. The summed E-state index contributed by atoms with van der Waals surface area (Å²) in [5.74, 6) is 0.970. The number of carbonyl (C=O) groups excluding carboxylic acids is 2. The van der Waals surface area contributed by atoms with Crippen molar-refractivity contribution in [1.82, 2.24) is 10.2 Å². The van der Waals surface area contributed by atoms with Crippen LogP contribution in [-0.4, -0.2) is 43.0 Å². The van der Waals surface area contributed by atoms with Gasteiger partial charge in [-0.2, -0.15) is 0 Å². The molecule has 1 heterocycles. The van der Waals surface area contributed by atoms with Gasteiger partial charge >= 0.3 is 0 Å². The Kier molecular flexibility index (Phi) is 7.09. The van der Waals surface area contributed by atoms with Gasteiger partial charge in [-0.25, -0.2) is 0 Å². The molecule has 0 spiro atoms. The van der Waals surface area contributed by atoms with Crippen LogP contribution in [0.2, 0.25) is 0 Å². The molecular formula is C19H28N2O3. The number of nitrogens with zero attached hydrogens (tertiary/aromatic N) is 1. The molecule has 0 bridgehead atoms. The second-order valence-electron chi connectivity index (χ2n) is 6.34. The van der Waals surface area contributed by atoms with Crippen LogP contribution in [0.1, 0.15) is 38.2 Å². The summed E-state index contributed by atoms with van der Waals surface area (Å²) in [6.45, 7) is 6.41. The molecule has 1 aliphatic heterocycles. The Bertz CT molecular complexity index is 542. The van der Waals surface area contributed by atoms with E-state index in [9.17, 15) is 9.59 Å². The lowest BCUT2D eigenvalue weighted by molar-refractivity contribution is -0.135. The Morgan fingerprint density at radius 1 is 1.29 bits per heavy atom. The number of amides is 2. The Morgan fingerprint density at radius 2 is 2.04 bits per heavy atom. The molecule has 1 saturated heterocycles. The smallest absolute Gasteiger partial charge is 0.224 e. The highest BCUT2D eigenvalue weighted by molar-refractivity contribution is 5.81. The van der Waals surface area contributed by atoms with Crippen molar-refractivity contribution in [3.05, 3.63) is 29.8 Å². The minimum absolute atomic E-state index is 0.0546. The summed E-state index contributed by atoms with van der Waals surface area (Å²) >= 11 is 0. The summed E-state index contributed by atoms with van der Waals surface area (Å²) in [5.41, 5.74) is 1.21. The normalized spacial score (nSPS) is 17.4. The van der Waals surface area contributed by atoms with Gasteiger partial charge in [0.05, 0.1) is 12.5 Å². The lowest BCUT2D eigenvalue weighted by atomic mass is 9.97. The van der Waals surface area contributed by atoms with E-state index in [1.807, 2.05) is 43.0 Å². The molecule has 5 nitrogen and oxygen atoms in total. The van der Waals surface area contributed by atoms with Gasteiger partial charge in [0.2, 0.25) is 11.8 Å². The van der Waals surface area contributed by atoms with Gasteiger partial charge in [-0.15, -0.1) is 0 Å². The number of rotatable bonds is 7. The van der Waals surface area contributed by atoms with Crippen molar-refractivity contribution >= 4 is 11.8 Å². The predicted molar refractivity (Wildman–Crippen MR) is 93.9 cm³/mol. The van der Waals surface area contributed by atoms with Crippen LogP contribution in [0.15, 0.2) is 24.3 Å². The zero-order chi connectivity index (χ0) is 17.4. The zero-order valence-corrected chi connectivity index (χ0v) is 14.7. The van der Waals surface area contributed by atoms with E-state index in [1.54, 1.807) is 0 Å². The number of nitrogens with one attached hydrogen (secondary N) is 1. The standard InChI is InChI=1S/C19H28N2O3/c1-3-18(22)21-12-4-6-16(14-21)19(23)20-11-5-13-24-17-9-7-15(2)8-10-17/h7-10,16H,3-6,11-14H2,1-2H3,(H,20,23)/t16-/m0/s1. The molecule has 2 rings (SSSR count). The summed E-state index contributed by atoms with van der Waals surface area (Å²) in [6, 6.07) is 7.94. The largest absolute Gasteiger partial charge is 0.494 e. The molecule has 1 aliphatic rings. The van der Waals surface area contributed by atoms with Gasteiger partial charge in [-0.1, -0.05) is 24.6 Å². The van der Waals surface area contributed by atoms with Gasteiger partial charge in [-0.05, 0) is 38.3 Å². The number of likely N-dealkylation sites (tertiary alicyclic amines) is 1. The van der Waals surface area contributed by atoms with Gasteiger partial charge < -0.3 is 15.0 Å². The van der Waals surface area contributed by atoms with E-state index in [-0.39, 0.29) is 17.7 Å². The predicted octanol–water partition coefficient (Wildman–Crippen LogP) is 2.53. The fourth-order valence-corrected chi connectivity index (χ4v) is 2.89. The van der Waals surface area contributed by atoms with E-state index in [2.05, 4.69) is 5.32 Å². The fourth-order valence-electron chi connectivity index (χ4n) is 2.89. The van der Waals surface area contributed by atoms with Crippen molar-refractivity contribution in [2.24, 2.45) is 5.92 Å². The number of hydrogen-bond acceptors (Lipinski definition) is 3. The van der Waals surface area contributed by atoms with Crippen molar-refractivity contribution in [3.63, 3.8) is 0 Å². The number of benzene rings is 1. The average molecular weight is 332 g/mol. The Hall–Kier alpha value is -2.04. The maximum absolute atomic E-state index is 12.2. The van der Waals surface area contributed by atoms with Crippen LogP contribution in [0.4, 0.5) is 0 Å². The number of carbonyl (C=O) groups is 2. The first kappa shape index (κ1) is 18.3. The topological polar surface area (TPSA) is 58.6 Å². The number of hydrogen-bond donors (Lipinski definition) is 1. The van der Waals surface area contributed by atoms with Gasteiger partial charge in [0.1, 0.15) is 5.75 Å². The molecule has 5 heteroatoms. The third kappa shape index (κ3) is 5.55. The van der Waals surface area contributed by atoms with Gasteiger partial charge in [-0.3, -0.25) is 9.59 Å². The van der Waals surface area contributed by atoms with Crippen LogP contribution in [-0.2, 0) is 9.59 Å². The van der Waals surface area contributed by atoms with Crippen LogP contribution in [0.25, 0.3) is 0 Å². The molecule has 1 atom stereocenters. The summed E-state index contributed by atoms with van der Waals surface area (Å²) in [5, 5.41) is 2.97. The maximum atomic E-state index is 12.2. The van der Waals surface area contributed by atoms with Crippen LogP contribution < -0.4 is 10.1 Å². The van der Waals surface area contributed by atoms with E-state index < -0.39 is 0 Å². The number of ether oxygens (including phenoxy) is 1. The molecule has 24 heavy (non-hydrogen) atoms. The highest BCUT2D eigenvalue weighted by Crippen LogP contribution is 2.17. The van der Waals surface area contributed by atoms with Crippen molar-refractivity contribution in [3.8, 4) is 5.75 Å². The average Bonchev–Trinajstić information content (AvgIpc) is 2.62. The van der Waals surface area contributed by atoms with Gasteiger partial charge in [0, 0.05) is 26.1 Å². The second-order valence-corrected chi connectivity index (χ2v) is 6.34. The third-order valence-corrected chi connectivity index (χ3v) is 4.36. The highest BCUT2D eigenvalue weighted by Gasteiger charge is 2.27. The van der Waals surface area contributed by atoms with E-state index >= 15 is 0 Å². The fraction of sp³-hybridized carbons (Fsp3) is 0.579. The lowest BCUT2D eigenvalue weighted by Gasteiger charge is -2.31. The van der Waals surface area contributed by atoms with E-state index in [0.717, 1.165) is 31.6 Å². The number of aryl methyl sites for hydroxylation is 1. The van der Waals surface area contributed by atoms with Crippen LogP contribution in [0.5, 0.6) is 5.75 Å². The Labute approximate surface area is 144 Å². The third-order valence-electron chi connectivity index (χ3n) is 4.36. The first-order chi connectivity index (χ1) is 11.6. The van der Waals surface area contributed by atoms with Crippen LogP contribution >= 0.6 is 0 Å². The molecule has 1 fully saturated rings. The van der Waals surface area contributed by atoms with Gasteiger partial charge in [0.15, 0.2) is 0 Å². The number of piperidine rings is 1. The van der Waals surface area contributed by atoms with Crippen molar-refractivity contribution < 1.29 is 14.3 Å². The molecule has 1 aromatic carbocycles. The summed E-state index contributed by atoms with van der Waals surface area (Å²) in [7, 11) is 0. The minimum Gasteiger partial charge on any atom is -0.494 e. The first-order valence-electron chi connectivity index (χ1n) is 8.85. The Morgan fingerprint density at radius 3 is 2.75 bits per heavy atom. The van der Waals surface area contributed by atoms with E-state index in [0.29, 0.717) is 26.1 Å². The minimum atomic E-state index is -0.0766. The van der Waals surface area contributed by atoms with Crippen molar-refractivity contribution in [1.29, 1.82) is 0 Å². The second kappa shape index (κ2) is 9.30. The zero-order valence-electron chi connectivity index (χ0n) is 14.7. The molecule has 0 unspecified atom stereocenters. The SMILES string of the molecule is CCC(=O)N1CCC[C@H](C(=O)NCCCOc2ccc(C)cc2)C1. The molecule has 0 aromatic heterocycles. The molecule has 1 aromatic rings. The monoisotopic (exact) mass is 332 g/mol. The summed E-state index contributed by atoms with van der Waals surface area (Å²) in [6.07, 6.45) is 3.04. The van der Waals surface area contributed by atoms with Crippen molar-refractivity contribution in [2.45, 2.75) is 39.5 Å². The summed E-state index contributed by atoms with van der Waals surface area (Å²) < 4.78 is 5.65. The molecule has 0 radical (unpaired) electrons. The maximum Gasteiger partial charge on any atom is 0.224 e. The van der Waals surface area contributed by atoms with Crippen LogP contribution in [0, 0.1) is 12.8 Å². The van der Waals surface area contributed by atoms with Crippen molar-refractivity contribution in [2.75, 3.05) is 26.2 Å². The molecule has 132 valence electrons. The molecular weight excluding hydrogens is 304 g/mol. The van der Waals surface area contributed by atoms with E-state index in [4.69, 9.17) is 4.74 Å². The van der Waals surface area contributed by atoms with Gasteiger partial charge in [0.25, 0.3) is 0 Å². The highest BCUT2D eigenvalue weighted by atomic mass is 16.5. The van der Waals surface area contributed by atoms with Crippen LogP contribution in [0.3, 0.4) is 0 Å². The first-order valence-corrected chi connectivity index (χ1v) is 8.85. The molecule has 2 amide bonds. The molecule has 0 aliphatic carbocycles. The van der Waals surface area contributed by atoms with E-state index in [1.165, 1.54) is 5.56 Å². The molecule has 1 N–H and O–H groups in total. The quantitative estimate of drug-likeness (QED) is 0.781. The summed E-state index contributed by atoms with van der Waals surface area (Å²) in [4.78, 5) is 25.8.